The molecule has 5 aromatic heterocycles. The second-order valence-electron chi connectivity index (χ2n) is 25.3. The van der Waals surface area contributed by atoms with Crippen LogP contribution in [0.2, 0.25) is 0 Å². The van der Waals surface area contributed by atoms with Crippen LogP contribution in [0.1, 0.15) is 27.8 Å². The van der Waals surface area contributed by atoms with Crippen LogP contribution in [0.5, 0.6) is 0 Å². The average molecular weight is 1200 g/mol. The van der Waals surface area contributed by atoms with Gasteiger partial charge < -0.3 is 18.3 Å². The van der Waals surface area contributed by atoms with E-state index in [2.05, 4.69) is 325 Å². The first-order valence-electron chi connectivity index (χ1n) is 32.2. The molecule has 94 heavy (non-hydrogen) atoms. The Labute approximate surface area is 544 Å². The maximum Gasteiger partial charge on any atom is 0.100 e. The molecule has 0 spiro atoms. The summed E-state index contributed by atoms with van der Waals surface area (Å²) in [4.78, 5) is 4.88. The molecule has 0 bridgehead atoms. The summed E-state index contributed by atoms with van der Waals surface area (Å²) in [6, 6.07) is 105. The molecule has 0 amide bonds. The second kappa shape index (κ2) is 21.4. The van der Waals surface area contributed by atoms with Crippen LogP contribution in [0.4, 0.5) is 0 Å². The largest absolute Gasteiger partial charge is 0.309 e. The van der Waals surface area contributed by atoms with Gasteiger partial charge in [-0.3, -0.25) is 4.98 Å². The molecule has 5 heterocycles. The van der Waals surface area contributed by atoms with Gasteiger partial charge in [0.15, 0.2) is 0 Å². The minimum absolute atomic E-state index is 0.566. The Kier molecular flexibility index (Phi) is 12.4. The maximum absolute atomic E-state index is 12.5. The van der Waals surface area contributed by atoms with Gasteiger partial charge >= 0.3 is 0 Å². The molecule has 13 aromatic carbocycles. The SMILES string of the molecule is Cc1ccc2c(c1)c1ccccc1n2-c1ccc(-c2c(C#N)c(-c3ccc(-n4c5ccccc5c5cc(C)ccc54)cc3)c(-c3cccnc3)c(-c3ccc(-n4c5ccccc5c5cc(C)ccc54)cc3)c2-c2ccc(-n3c4ccccc4c4cc(C)ccc43)cc2)cc1. The van der Waals surface area contributed by atoms with Crippen LogP contribution in [-0.2, 0) is 0 Å². The van der Waals surface area contributed by atoms with Gasteiger partial charge in [-0.05, 0) is 188 Å². The minimum Gasteiger partial charge on any atom is -0.309 e. The number of benzene rings is 13. The number of aromatic nitrogens is 5. The molecule has 0 saturated carbocycles. The molecule has 18 rings (SSSR count). The number of hydrogen-bond acceptors (Lipinski definition) is 2. The minimum atomic E-state index is 0.566. The fourth-order valence-electron chi connectivity index (χ4n) is 15.4. The Morgan fingerprint density at radius 2 is 0.521 bits per heavy atom. The van der Waals surface area contributed by atoms with E-state index < -0.39 is 0 Å². The van der Waals surface area contributed by atoms with Crippen LogP contribution >= 0.6 is 0 Å². The Hall–Kier alpha value is -12.3. The monoisotopic (exact) mass is 1200 g/mol. The maximum atomic E-state index is 12.5. The highest BCUT2D eigenvalue weighted by molar-refractivity contribution is 6.15. The molecule has 0 unspecified atom stereocenters. The van der Waals surface area contributed by atoms with E-state index in [1.165, 1.54) is 65.3 Å². The van der Waals surface area contributed by atoms with Gasteiger partial charge in [-0.2, -0.15) is 5.26 Å². The van der Waals surface area contributed by atoms with E-state index in [1.807, 2.05) is 18.5 Å². The van der Waals surface area contributed by atoms with E-state index in [4.69, 9.17) is 4.98 Å². The highest BCUT2D eigenvalue weighted by Crippen LogP contribution is 2.54. The first-order chi connectivity index (χ1) is 46.2. The average Bonchev–Trinajstić information content (AvgIpc) is 1.11. The molecular weight excluding hydrogens is 1140 g/mol. The number of pyridine rings is 1. The molecule has 6 nitrogen and oxygen atoms in total. The lowest BCUT2D eigenvalue weighted by molar-refractivity contribution is 1.18. The lowest BCUT2D eigenvalue weighted by Gasteiger charge is -2.26. The normalized spacial score (nSPS) is 11.8. The molecule has 0 fully saturated rings. The fraction of sp³-hybridized carbons (Fsp3) is 0.0455. The van der Waals surface area contributed by atoms with Gasteiger partial charge in [0, 0.05) is 100 Å². The smallest absolute Gasteiger partial charge is 0.100 e. The standard InChI is InChI=1S/C88H60N6/c1-54-23-43-80-71(48-54)67-15-5-9-19-76(67)91(80)63-35-27-58(28-36-63)84-75(52-89)85(59-29-37-64(38-30-59)92-77-20-10-6-16-68(77)72-49-55(2)24-44-81(72)92)88(62-14-13-47-90-53-62)87(61-33-41-66(42-34-61)94-79-22-12-8-18-70(79)74-51-57(4)26-46-83(74)94)86(84)60-31-39-65(40-32-60)93-78-21-11-7-17-69(78)73-50-56(3)25-45-82(73)93/h5-51,53H,1-4H3. The highest BCUT2D eigenvalue weighted by Gasteiger charge is 2.30. The molecule has 6 heteroatoms. The number of fused-ring (bicyclic) bond motifs is 12. The van der Waals surface area contributed by atoms with Crippen molar-refractivity contribution in [3.05, 3.63) is 319 Å². The van der Waals surface area contributed by atoms with Crippen molar-refractivity contribution in [2.24, 2.45) is 0 Å². The van der Waals surface area contributed by atoms with Crippen molar-refractivity contribution >= 4 is 87.2 Å². The summed E-state index contributed by atoms with van der Waals surface area (Å²) in [6.07, 6.45) is 3.80. The highest BCUT2D eigenvalue weighted by atomic mass is 15.0. The third-order valence-corrected chi connectivity index (χ3v) is 19.5. The molecule has 0 N–H and O–H groups in total. The van der Waals surface area contributed by atoms with Crippen LogP contribution in [0.15, 0.2) is 291 Å². The van der Waals surface area contributed by atoms with Gasteiger partial charge in [-0.15, -0.1) is 0 Å². The number of aryl methyl sites for hydroxylation is 4. The van der Waals surface area contributed by atoms with E-state index in [0.717, 1.165) is 123 Å². The molecule has 0 atom stereocenters. The zero-order chi connectivity index (χ0) is 62.9. The molecule has 0 aliphatic rings. The first kappa shape index (κ1) is 54.6. The number of nitrogens with zero attached hydrogens (tertiary/aromatic N) is 6. The zero-order valence-corrected chi connectivity index (χ0v) is 52.4. The van der Waals surface area contributed by atoms with Crippen molar-refractivity contribution in [3.8, 4) is 84.5 Å². The summed E-state index contributed by atoms with van der Waals surface area (Å²) in [5, 5.41) is 22.2. The van der Waals surface area contributed by atoms with Crippen LogP contribution in [0.3, 0.4) is 0 Å². The molecule has 0 aliphatic carbocycles. The summed E-state index contributed by atoms with van der Waals surface area (Å²) in [6.45, 7) is 8.65. The molecule has 0 aliphatic heterocycles. The number of hydrogen-bond donors (Lipinski definition) is 0. The lowest BCUT2D eigenvalue weighted by atomic mass is 9.76. The van der Waals surface area contributed by atoms with E-state index >= 15 is 0 Å². The lowest BCUT2D eigenvalue weighted by Crippen LogP contribution is -2.03. The van der Waals surface area contributed by atoms with Crippen LogP contribution in [-0.4, -0.2) is 23.3 Å². The van der Waals surface area contributed by atoms with Gasteiger partial charge in [-0.1, -0.05) is 174 Å². The Bertz CT molecular complexity index is 6170. The van der Waals surface area contributed by atoms with Gasteiger partial charge in [-0.25, -0.2) is 0 Å². The predicted molar refractivity (Wildman–Crippen MR) is 392 cm³/mol. The molecule has 0 radical (unpaired) electrons. The summed E-state index contributed by atoms with van der Waals surface area (Å²) in [5.74, 6) is 0. The predicted octanol–water partition coefficient (Wildman–Crippen LogP) is 22.9. The second-order valence-corrected chi connectivity index (χ2v) is 25.3. The van der Waals surface area contributed by atoms with E-state index in [9.17, 15) is 5.26 Å². The molecular formula is C88H60N6. The van der Waals surface area contributed by atoms with Gasteiger partial charge in [0.2, 0.25) is 0 Å². The topological polar surface area (TPSA) is 56.4 Å². The van der Waals surface area contributed by atoms with Crippen molar-refractivity contribution in [1.82, 2.24) is 23.3 Å². The first-order valence-corrected chi connectivity index (χ1v) is 32.2. The molecule has 18 aromatic rings. The third kappa shape index (κ3) is 8.45. The van der Waals surface area contributed by atoms with E-state index in [0.29, 0.717) is 5.56 Å². The van der Waals surface area contributed by atoms with Crippen molar-refractivity contribution in [1.29, 1.82) is 5.26 Å². The van der Waals surface area contributed by atoms with Gasteiger partial charge in [0.1, 0.15) is 6.07 Å². The molecule has 442 valence electrons. The summed E-state index contributed by atoms with van der Waals surface area (Å²) in [7, 11) is 0. The Morgan fingerprint density at radius 3 is 0.809 bits per heavy atom. The number of para-hydroxylation sites is 4. The van der Waals surface area contributed by atoms with Crippen molar-refractivity contribution in [2.75, 3.05) is 0 Å². The van der Waals surface area contributed by atoms with E-state index in [1.54, 1.807) is 0 Å². The van der Waals surface area contributed by atoms with Crippen LogP contribution < -0.4 is 0 Å². The van der Waals surface area contributed by atoms with Crippen LogP contribution in [0, 0.1) is 39.0 Å². The van der Waals surface area contributed by atoms with Crippen molar-refractivity contribution in [3.63, 3.8) is 0 Å². The third-order valence-electron chi connectivity index (χ3n) is 19.5. The Balaban J connectivity index is 0.932. The summed E-state index contributed by atoms with van der Waals surface area (Å²) >= 11 is 0. The van der Waals surface area contributed by atoms with Crippen molar-refractivity contribution < 1.29 is 0 Å². The summed E-state index contributed by atoms with van der Waals surface area (Å²) in [5.41, 5.74) is 28.0. The molecule has 0 saturated heterocycles. The quantitative estimate of drug-likeness (QED) is 0.145. The van der Waals surface area contributed by atoms with Crippen molar-refractivity contribution in [2.45, 2.75) is 27.7 Å². The summed E-state index contributed by atoms with van der Waals surface area (Å²) < 4.78 is 9.51. The number of nitriles is 1. The Morgan fingerprint density at radius 1 is 0.255 bits per heavy atom. The fourth-order valence-corrected chi connectivity index (χ4v) is 15.4. The van der Waals surface area contributed by atoms with Gasteiger partial charge in [0.25, 0.3) is 0 Å². The van der Waals surface area contributed by atoms with Gasteiger partial charge in [0.05, 0.1) is 49.7 Å². The van der Waals surface area contributed by atoms with Crippen LogP contribution in [0.25, 0.3) is 166 Å². The van der Waals surface area contributed by atoms with E-state index in [-0.39, 0.29) is 0 Å². The zero-order valence-electron chi connectivity index (χ0n) is 52.4. The number of rotatable bonds is 9.